The first-order valence-electron chi connectivity index (χ1n) is 8.67. The van der Waals surface area contributed by atoms with Crippen molar-refractivity contribution in [3.63, 3.8) is 0 Å². The smallest absolute Gasteiger partial charge is 0.248 e. The summed E-state index contributed by atoms with van der Waals surface area (Å²) < 4.78 is 27.2. The Morgan fingerprint density at radius 3 is 2.48 bits per heavy atom. The Morgan fingerprint density at radius 1 is 1.04 bits per heavy atom. The number of sulfonamides is 1. The van der Waals surface area contributed by atoms with Crippen LogP contribution in [0.25, 0.3) is 0 Å². The van der Waals surface area contributed by atoms with Gasteiger partial charge >= 0.3 is 0 Å². The summed E-state index contributed by atoms with van der Waals surface area (Å²) in [4.78, 5) is 24.3. The molecule has 1 atom stereocenters. The van der Waals surface area contributed by atoms with Crippen LogP contribution in [0.5, 0.6) is 0 Å². The summed E-state index contributed by atoms with van der Waals surface area (Å²) in [6.45, 7) is 0.288. The van der Waals surface area contributed by atoms with Crippen molar-refractivity contribution in [2.75, 3.05) is 11.9 Å². The van der Waals surface area contributed by atoms with Gasteiger partial charge in [0.15, 0.2) is 0 Å². The first kappa shape index (κ1) is 19.1. The van der Waals surface area contributed by atoms with E-state index in [-0.39, 0.29) is 17.0 Å². The van der Waals surface area contributed by atoms with Gasteiger partial charge in [0, 0.05) is 17.8 Å². The van der Waals surface area contributed by atoms with Crippen molar-refractivity contribution in [2.24, 2.45) is 5.73 Å². The molecule has 0 saturated carbocycles. The molecule has 0 aliphatic carbocycles. The maximum atomic E-state index is 13.0. The number of hydrogen-bond acceptors (Lipinski definition) is 4. The zero-order chi connectivity index (χ0) is 19.4. The van der Waals surface area contributed by atoms with E-state index in [1.807, 2.05) is 0 Å². The average Bonchev–Trinajstić information content (AvgIpc) is 2.69. The standard InChI is InChI=1S/C19H21N3O4S/c20-18(23)14-7-6-8-15(13-14)21-19(24)17-11-4-5-12-22(17)27(25,26)16-9-2-1-3-10-16/h1-3,6-10,13,17H,4-5,11-12H2,(H2,20,23)(H,21,24). The highest BCUT2D eigenvalue weighted by atomic mass is 32.2. The summed E-state index contributed by atoms with van der Waals surface area (Å²) in [6.07, 6.45) is 1.90. The van der Waals surface area contributed by atoms with E-state index in [9.17, 15) is 18.0 Å². The van der Waals surface area contributed by atoms with Crippen LogP contribution in [0.3, 0.4) is 0 Å². The lowest BCUT2D eigenvalue weighted by Crippen LogP contribution is -2.49. The summed E-state index contributed by atoms with van der Waals surface area (Å²) in [6, 6.07) is 13.5. The first-order valence-corrected chi connectivity index (χ1v) is 10.1. The Hall–Kier alpha value is -2.71. The zero-order valence-electron chi connectivity index (χ0n) is 14.7. The fourth-order valence-corrected chi connectivity index (χ4v) is 4.84. The topological polar surface area (TPSA) is 110 Å². The zero-order valence-corrected chi connectivity index (χ0v) is 15.5. The van der Waals surface area contributed by atoms with E-state index in [1.54, 1.807) is 36.4 Å². The number of primary amides is 1. The number of amides is 2. The number of hydrogen-bond donors (Lipinski definition) is 2. The summed E-state index contributed by atoms with van der Waals surface area (Å²) >= 11 is 0. The van der Waals surface area contributed by atoms with Crippen LogP contribution in [-0.2, 0) is 14.8 Å². The second-order valence-electron chi connectivity index (χ2n) is 6.37. The molecule has 0 aromatic heterocycles. The molecular weight excluding hydrogens is 366 g/mol. The molecule has 3 rings (SSSR count). The minimum absolute atomic E-state index is 0.167. The number of nitrogens with two attached hydrogens (primary N) is 1. The molecular formula is C19H21N3O4S. The van der Waals surface area contributed by atoms with Crippen molar-refractivity contribution in [3.8, 4) is 0 Å². The maximum absolute atomic E-state index is 13.0. The largest absolute Gasteiger partial charge is 0.366 e. The van der Waals surface area contributed by atoms with Gasteiger partial charge in [-0.1, -0.05) is 30.7 Å². The highest BCUT2D eigenvalue weighted by Gasteiger charge is 2.37. The van der Waals surface area contributed by atoms with Gasteiger partial charge in [0.25, 0.3) is 0 Å². The van der Waals surface area contributed by atoms with E-state index < -0.39 is 27.9 Å². The van der Waals surface area contributed by atoms with Crippen molar-refractivity contribution in [2.45, 2.75) is 30.2 Å². The second-order valence-corrected chi connectivity index (χ2v) is 8.27. The quantitative estimate of drug-likeness (QED) is 0.817. The number of benzene rings is 2. The molecule has 1 aliphatic rings. The van der Waals surface area contributed by atoms with E-state index in [4.69, 9.17) is 5.73 Å². The van der Waals surface area contributed by atoms with E-state index in [1.165, 1.54) is 22.5 Å². The Morgan fingerprint density at radius 2 is 1.78 bits per heavy atom. The monoisotopic (exact) mass is 387 g/mol. The molecule has 1 fully saturated rings. The van der Waals surface area contributed by atoms with Gasteiger partial charge in [-0.15, -0.1) is 0 Å². The van der Waals surface area contributed by atoms with Crippen LogP contribution >= 0.6 is 0 Å². The number of rotatable bonds is 5. The van der Waals surface area contributed by atoms with Crippen molar-refractivity contribution in [1.29, 1.82) is 0 Å². The Balaban J connectivity index is 1.84. The molecule has 1 heterocycles. The van der Waals surface area contributed by atoms with Crippen LogP contribution in [0.1, 0.15) is 29.6 Å². The lowest BCUT2D eigenvalue weighted by Gasteiger charge is -2.33. The molecule has 0 bridgehead atoms. The maximum Gasteiger partial charge on any atom is 0.248 e. The summed E-state index contributed by atoms with van der Waals surface area (Å²) in [5.74, 6) is -1.02. The summed E-state index contributed by atoms with van der Waals surface area (Å²) in [5, 5.41) is 2.71. The molecule has 0 spiro atoms. The van der Waals surface area contributed by atoms with Gasteiger partial charge in [-0.3, -0.25) is 9.59 Å². The Labute approximate surface area is 158 Å². The fraction of sp³-hybridized carbons (Fsp3) is 0.263. The Kier molecular flexibility index (Phi) is 5.57. The summed E-state index contributed by atoms with van der Waals surface area (Å²) in [5.41, 5.74) is 5.93. The molecule has 27 heavy (non-hydrogen) atoms. The molecule has 7 nitrogen and oxygen atoms in total. The van der Waals surface area contributed by atoms with Gasteiger partial charge in [0.1, 0.15) is 6.04 Å². The molecule has 2 aromatic carbocycles. The van der Waals surface area contributed by atoms with Crippen LogP contribution in [0.4, 0.5) is 5.69 Å². The number of anilines is 1. The minimum atomic E-state index is -3.77. The number of piperidine rings is 1. The predicted molar refractivity (Wildman–Crippen MR) is 102 cm³/mol. The normalized spacial score (nSPS) is 18.0. The van der Waals surface area contributed by atoms with Crippen LogP contribution in [0.15, 0.2) is 59.5 Å². The lowest BCUT2D eigenvalue weighted by molar-refractivity contribution is -0.120. The van der Waals surface area contributed by atoms with Crippen molar-refractivity contribution in [1.82, 2.24) is 4.31 Å². The highest BCUT2D eigenvalue weighted by molar-refractivity contribution is 7.89. The van der Waals surface area contributed by atoms with Crippen LogP contribution < -0.4 is 11.1 Å². The molecule has 2 aromatic rings. The van der Waals surface area contributed by atoms with E-state index >= 15 is 0 Å². The summed E-state index contributed by atoms with van der Waals surface area (Å²) in [7, 11) is -3.77. The van der Waals surface area contributed by atoms with Gasteiger partial charge in [-0.05, 0) is 43.2 Å². The minimum Gasteiger partial charge on any atom is -0.366 e. The molecule has 2 amide bonds. The molecule has 1 aliphatic heterocycles. The van der Waals surface area contributed by atoms with Gasteiger partial charge in [-0.2, -0.15) is 4.31 Å². The predicted octanol–water partition coefficient (Wildman–Crippen LogP) is 1.97. The molecule has 0 radical (unpaired) electrons. The average molecular weight is 387 g/mol. The van der Waals surface area contributed by atoms with Gasteiger partial charge in [0.05, 0.1) is 4.90 Å². The number of nitrogens with zero attached hydrogens (tertiary/aromatic N) is 1. The van der Waals surface area contributed by atoms with Crippen LogP contribution in [-0.4, -0.2) is 37.1 Å². The number of carbonyl (C=O) groups excluding carboxylic acids is 2. The van der Waals surface area contributed by atoms with Gasteiger partial charge < -0.3 is 11.1 Å². The SMILES string of the molecule is NC(=O)c1cccc(NC(=O)C2CCCCN2S(=O)(=O)c2ccccc2)c1. The van der Waals surface area contributed by atoms with Crippen LogP contribution in [0.2, 0.25) is 0 Å². The first-order chi connectivity index (χ1) is 12.9. The third kappa shape index (κ3) is 4.17. The van der Waals surface area contributed by atoms with Crippen molar-refractivity contribution >= 4 is 27.5 Å². The lowest BCUT2D eigenvalue weighted by atomic mass is 10.0. The van der Waals surface area contributed by atoms with Crippen molar-refractivity contribution < 1.29 is 18.0 Å². The van der Waals surface area contributed by atoms with E-state index in [2.05, 4.69) is 5.32 Å². The molecule has 1 saturated heterocycles. The Bertz CT molecular complexity index is 944. The third-order valence-electron chi connectivity index (χ3n) is 4.52. The molecule has 1 unspecified atom stereocenters. The number of nitrogens with one attached hydrogen (secondary N) is 1. The highest BCUT2D eigenvalue weighted by Crippen LogP contribution is 2.26. The van der Waals surface area contributed by atoms with E-state index in [0.29, 0.717) is 18.5 Å². The van der Waals surface area contributed by atoms with Gasteiger partial charge in [-0.25, -0.2) is 8.42 Å². The second kappa shape index (κ2) is 7.89. The number of carbonyl (C=O) groups is 2. The molecule has 3 N–H and O–H groups in total. The van der Waals surface area contributed by atoms with Crippen molar-refractivity contribution in [3.05, 3.63) is 60.2 Å². The van der Waals surface area contributed by atoms with E-state index in [0.717, 1.165) is 6.42 Å². The molecule has 8 heteroatoms. The van der Waals surface area contributed by atoms with Crippen LogP contribution in [0, 0.1) is 0 Å². The fourth-order valence-electron chi connectivity index (χ4n) is 3.16. The molecule has 142 valence electrons. The third-order valence-corrected chi connectivity index (χ3v) is 6.44. The van der Waals surface area contributed by atoms with Gasteiger partial charge in [0.2, 0.25) is 21.8 Å².